The quantitative estimate of drug-likeness (QED) is 0.679. The summed E-state index contributed by atoms with van der Waals surface area (Å²) >= 11 is 3.02. The van der Waals surface area contributed by atoms with Gasteiger partial charge in [0.15, 0.2) is 0 Å². The highest BCUT2D eigenvalue weighted by atomic mass is 79.9. The number of nitro groups is 1. The second kappa shape index (κ2) is 5.23. The molecule has 0 saturated heterocycles. The number of carbonyl (C=O) groups excluding carboxylic acids is 1. The van der Waals surface area contributed by atoms with Crippen molar-refractivity contribution < 1.29 is 9.72 Å². The van der Waals surface area contributed by atoms with Crippen LogP contribution >= 0.6 is 15.9 Å². The molecule has 6 nitrogen and oxygen atoms in total. The van der Waals surface area contributed by atoms with Crippen molar-refractivity contribution >= 4 is 33.2 Å². The minimum atomic E-state index is -0.565. The molecule has 0 spiro atoms. The number of carbonyl (C=O) groups is 1. The van der Waals surface area contributed by atoms with Gasteiger partial charge in [0, 0.05) is 11.8 Å². The zero-order chi connectivity index (χ0) is 12.1. The summed E-state index contributed by atoms with van der Waals surface area (Å²) in [5.74, 6) is -0.501. The highest BCUT2D eigenvalue weighted by Gasteiger charge is 2.13. The van der Waals surface area contributed by atoms with E-state index in [1.54, 1.807) is 6.07 Å². The summed E-state index contributed by atoms with van der Waals surface area (Å²) in [5.41, 5.74) is 0.143. The molecule has 0 unspecified atom stereocenters. The molecule has 16 heavy (non-hydrogen) atoms. The van der Waals surface area contributed by atoms with Crippen LogP contribution in [0.5, 0.6) is 0 Å². The Morgan fingerprint density at radius 2 is 2.31 bits per heavy atom. The molecule has 0 aromatic heterocycles. The monoisotopic (exact) mass is 283 g/mol. The van der Waals surface area contributed by atoms with Gasteiger partial charge in [-0.05, 0) is 28.1 Å². The van der Waals surface area contributed by atoms with Crippen molar-refractivity contribution in [3.05, 3.63) is 32.8 Å². The van der Waals surface area contributed by atoms with Gasteiger partial charge in [-0.15, -0.1) is 0 Å². The second-order valence-corrected chi connectivity index (χ2v) is 3.66. The average molecular weight is 284 g/mol. The first kappa shape index (κ1) is 12.1. The number of hydrogen-bond acceptors (Lipinski definition) is 4. The van der Waals surface area contributed by atoms with Gasteiger partial charge in [0.1, 0.15) is 6.42 Å². The standard InChI is InChI=1S/C9H6BrN3O3/c10-7-2-1-6(5-8(7)13(15)16)12-9(14)3-4-11/h1-2,5H,3H2,(H,12,14). The maximum absolute atomic E-state index is 11.1. The van der Waals surface area contributed by atoms with Crippen molar-refractivity contribution in [2.24, 2.45) is 0 Å². The number of nitriles is 1. The Morgan fingerprint density at radius 3 is 2.88 bits per heavy atom. The lowest BCUT2D eigenvalue weighted by atomic mass is 10.2. The molecular weight excluding hydrogens is 278 g/mol. The van der Waals surface area contributed by atoms with Crippen molar-refractivity contribution in [1.82, 2.24) is 0 Å². The first-order chi connectivity index (χ1) is 7.54. The van der Waals surface area contributed by atoms with Crippen LogP contribution in [0.25, 0.3) is 0 Å². The zero-order valence-electron chi connectivity index (χ0n) is 7.94. The van der Waals surface area contributed by atoms with Gasteiger partial charge in [0.25, 0.3) is 5.69 Å². The maximum atomic E-state index is 11.1. The van der Waals surface area contributed by atoms with Crippen LogP contribution in [-0.4, -0.2) is 10.8 Å². The van der Waals surface area contributed by atoms with Crippen molar-refractivity contribution in [3.63, 3.8) is 0 Å². The lowest BCUT2D eigenvalue weighted by Gasteiger charge is -2.03. The van der Waals surface area contributed by atoms with E-state index in [-0.39, 0.29) is 17.8 Å². The summed E-state index contributed by atoms with van der Waals surface area (Å²) in [5, 5.41) is 21.2. The van der Waals surface area contributed by atoms with Crippen LogP contribution in [-0.2, 0) is 4.79 Å². The molecular formula is C9H6BrN3O3. The molecule has 82 valence electrons. The summed E-state index contributed by atoms with van der Waals surface area (Å²) in [6.07, 6.45) is -0.288. The Morgan fingerprint density at radius 1 is 1.62 bits per heavy atom. The highest BCUT2D eigenvalue weighted by molar-refractivity contribution is 9.10. The number of hydrogen-bond donors (Lipinski definition) is 1. The van der Waals surface area contributed by atoms with Gasteiger partial charge in [-0.1, -0.05) is 0 Å². The molecule has 0 saturated carbocycles. The van der Waals surface area contributed by atoms with Gasteiger partial charge in [0.05, 0.1) is 15.5 Å². The van der Waals surface area contributed by atoms with E-state index in [1.807, 2.05) is 0 Å². The number of halogens is 1. The lowest BCUT2D eigenvalue weighted by molar-refractivity contribution is -0.385. The van der Waals surface area contributed by atoms with Gasteiger partial charge >= 0.3 is 0 Å². The van der Waals surface area contributed by atoms with Crippen LogP contribution in [0.4, 0.5) is 11.4 Å². The third-order valence-corrected chi connectivity index (χ3v) is 2.34. The van der Waals surface area contributed by atoms with E-state index in [9.17, 15) is 14.9 Å². The first-order valence-corrected chi connectivity index (χ1v) is 4.94. The molecule has 0 radical (unpaired) electrons. The van der Waals surface area contributed by atoms with Gasteiger partial charge < -0.3 is 5.32 Å². The molecule has 0 aliphatic carbocycles. The van der Waals surface area contributed by atoms with Gasteiger partial charge in [-0.2, -0.15) is 5.26 Å². The fraction of sp³-hybridized carbons (Fsp3) is 0.111. The minimum Gasteiger partial charge on any atom is -0.325 e. The summed E-state index contributed by atoms with van der Waals surface area (Å²) in [6.45, 7) is 0. The van der Waals surface area contributed by atoms with E-state index in [0.717, 1.165) is 0 Å². The average Bonchev–Trinajstić information content (AvgIpc) is 2.21. The van der Waals surface area contributed by atoms with Crippen LogP contribution in [0, 0.1) is 21.4 Å². The fourth-order valence-electron chi connectivity index (χ4n) is 1.01. The molecule has 1 rings (SSSR count). The SMILES string of the molecule is N#CCC(=O)Nc1ccc(Br)c([N+](=O)[O-])c1. The Kier molecular flexibility index (Phi) is 3.96. The van der Waals surface area contributed by atoms with Crippen molar-refractivity contribution in [3.8, 4) is 6.07 Å². The van der Waals surface area contributed by atoms with Crippen LogP contribution in [0.3, 0.4) is 0 Å². The zero-order valence-corrected chi connectivity index (χ0v) is 9.52. The van der Waals surface area contributed by atoms with Crippen LogP contribution in [0.15, 0.2) is 22.7 Å². The minimum absolute atomic E-state index is 0.144. The number of rotatable bonds is 3. The predicted molar refractivity (Wildman–Crippen MR) is 59.7 cm³/mol. The molecule has 0 atom stereocenters. The molecule has 1 N–H and O–H groups in total. The second-order valence-electron chi connectivity index (χ2n) is 2.81. The van der Waals surface area contributed by atoms with Gasteiger partial charge in [-0.3, -0.25) is 14.9 Å². The predicted octanol–water partition coefficient (Wildman–Crippen LogP) is 2.21. The summed E-state index contributed by atoms with van der Waals surface area (Å²) in [6, 6.07) is 5.87. The smallest absolute Gasteiger partial charge is 0.285 e. The highest BCUT2D eigenvalue weighted by Crippen LogP contribution is 2.27. The number of nitro benzene ring substituents is 1. The van der Waals surface area contributed by atoms with E-state index in [4.69, 9.17) is 5.26 Å². The van der Waals surface area contributed by atoms with E-state index < -0.39 is 10.8 Å². The maximum Gasteiger partial charge on any atom is 0.285 e. The number of nitrogens with one attached hydrogen (secondary N) is 1. The Labute approximate surface area is 99.2 Å². The van der Waals surface area contributed by atoms with E-state index in [1.165, 1.54) is 18.2 Å². The largest absolute Gasteiger partial charge is 0.325 e. The topological polar surface area (TPSA) is 96.0 Å². The first-order valence-electron chi connectivity index (χ1n) is 4.15. The summed E-state index contributed by atoms with van der Waals surface area (Å²) < 4.78 is 0.329. The van der Waals surface area contributed by atoms with E-state index >= 15 is 0 Å². The normalized spacial score (nSPS) is 9.25. The Hall–Kier alpha value is -1.94. The Bertz CT molecular complexity index is 481. The lowest BCUT2D eigenvalue weighted by Crippen LogP contribution is -2.10. The van der Waals surface area contributed by atoms with Crippen LogP contribution < -0.4 is 5.32 Å². The molecule has 1 amide bonds. The fourth-order valence-corrected chi connectivity index (χ4v) is 1.40. The third kappa shape index (κ3) is 3.03. The molecule has 0 heterocycles. The van der Waals surface area contributed by atoms with Gasteiger partial charge in [-0.25, -0.2) is 0 Å². The number of nitrogens with zero attached hydrogens (tertiary/aromatic N) is 2. The summed E-state index contributed by atoms with van der Waals surface area (Å²) in [7, 11) is 0. The third-order valence-electron chi connectivity index (χ3n) is 1.67. The van der Waals surface area contributed by atoms with E-state index in [2.05, 4.69) is 21.2 Å². The Balaban J connectivity index is 2.92. The van der Waals surface area contributed by atoms with Crippen molar-refractivity contribution in [2.45, 2.75) is 6.42 Å². The molecule has 0 bridgehead atoms. The molecule has 0 aliphatic heterocycles. The van der Waals surface area contributed by atoms with E-state index in [0.29, 0.717) is 4.47 Å². The van der Waals surface area contributed by atoms with Crippen LogP contribution in [0.1, 0.15) is 6.42 Å². The van der Waals surface area contributed by atoms with Crippen molar-refractivity contribution in [1.29, 1.82) is 5.26 Å². The molecule has 7 heteroatoms. The number of amides is 1. The number of benzene rings is 1. The van der Waals surface area contributed by atoms with Gasteiger partial charge in [0.2, 0.25) is 5.91 Å². The molecule has 1 aromatic rings. The van der Waals surface area contributed by atoms with Crippen LogP contribution in [0.2, 0.25) is 0 Å². The van der Waals surface area contributed by atoms with Crippen molar-refractivity contribution in [2.75, 3.05) is 5.32 Å². The summed E-state index contributed by atoms with van der Waals surface area (Å²) in [4.78, 5) is 21.1. The molecule has 1 aromatic carbocycles. The molecule has 0 fully saturated rings. The number of anilines is 1. The molecule has 0 aliphatic rings.